The summed E-state index contributed by atoms with van der Waals surface area (Å²) < 4.78 is 5.28. The van der Waals surface area contributed by atoms with E-state index in [1.54, 1.807) is 0 Å². The van der Waals surface area contributed by atoms with E-state index in [0.29, 0.717) is 0 Å². The average Bonchev–Trinajstić information content (AvgIpc) is 2.93. The molecule has 0 amide bonds. The van der Waals surface area contributed by atoms with E-state index in [1.165, 1.54) is 0 Å². The Morgan fingerprint density at radius 2 is 2.10 bits per heavy atom. The summed E-state index contributed by atoms with van der Waals surface area (Å²) in [5.41, 5.74) is 5.09. The Hall–Kier alpha value is -2.01. The number of aromatic amines is 2. The zero-order chi connectivity index (χ0) is 14.4. The fourth-order valence-corrected chi connectivity index (χ4v) is 2.23. The highest BCUT2D eigenvalue weighted by Crippen LogP contribution is 2.31. The van der Waals surface area contributed by atoms with E-state index < -0.39 is 36.6 Å². The third kappa shape index (κ3) is 1.78. The number of aromatic nitrogens is 4. The molecule has 108 valence electrons. The van der Waals surface area contributed by atoms with E-state index >= 15 is 0 Å². The molecule has 3 rings (SSSR count). The van der Waals surface area contributed by atoms with Gasteiger partial charge in [-0.15, -0.1) is 0 Å². The fourth-order valence-electron chi connectivity index (χ4n) is 2.23. The lowest BCUT2D eigenvalue weighted by molar-refractivity contribution is -0.0252. The number of aliphatic hydroxyl groups excluding tert-OH is 3. The lowest BCUT2D eigenvalue weighted by Gasteiger charge is -2.13. The SMILES string of the molecule is Nc1[nH]nc2nc([C@H]3O[C@@H](CO)[C@H](O)[C@@H]3O)[nH]c(=O)c12. The van der Waals surface area contributed by atoms with Crippen LogP contribution >= 0.6 is 0 Å². The molecule has 7 N–H and O–H groups in total. The van der Waals surface area contributed by atoms with E-state index in [-0.39, 0.29) is 22.7 Å². The van der Waals surface area contributed by atoms with Crippen molar-refractivity contribution >= 4 is 16.9 Å². The third-order valence-electron chi connectivity index (χ3n) is 3.28. The van der Waals surface area contributed by atoms with Gasteiger partial charge in [0.05, 0.1) is 6.61 Å². The van der Waals surface area contributed by atoms with Gasteiger partial charge in [0.15, 0.2) is 5.65 Å². The van der Waals surface area contributed by atoms with Gasteiger partial charge in [0.2, 0.25) is 0 Å². The molecule has 10 nitrogen and oxygen atoms in total. The van der Waals surface area contributed by atoms with Gasteiger partial charge in [0.1, 0.15) is 41.4 Å². The Labute approximate surface area is 111 Å². The van der Waals surface area contributed by atoms with Gasteiger partial charge in [0, 0.05) is 0 Å². The van der Waals surface area contributed by atoms with Crippen molar-refractivity contribution in [3.63, 3.8) is 0 Å². The van der Waals surface area contributed by atoms with Crippen LogP contribution in [0.5, 0.6) is 0 Å². The van der Waals surface area contributed by atoms with Crippen LogP contribution in [-0.4, -0.2) is 60.4 Å². The van der Waals surface area contributed by atoms with E-state index in [9.17, 15) is 15.0 Å². The first-order valence-corrected chi connectivity index (χ1v) is 5.89. The van der Waals surface area contributed by atoms with Crippen LogP contribution in [0.25, 0.3) is 11.0 Å². The highest BCUT2D eigenvalue weighted by Gasteiger charge is 2.44. The number of nitrogens with two attached hydrogens (primary N) is 1. The Kier molecular flexibility index (Phi) is 2.94. The molecule has 3 heterocycles. The highest BCUT2D eigenvalue weighted by atomic mass is 16.6. The van der Waals surface area contributed by atoms with Gasteiger partial charge in [-0.2, -0.15) is 5.10 Å². The number of aliphatic hydroxyl groups is 3. The maximum Gasteiger partial charge on any atom is 0.264 e. The van der Waals surface area contributed by atoms with Gasteiger partial charge >= 0.3 is 0 Å². The van der Waals surface area contributed by atoms with E-state index in [0.717, 1.165) is 0 Å². The Morgan fingerprint density at radius 3 is 2.75 bits per heavy atom. The van der Waals surface area contributed by atoms with Gasteiger partial charge in [-0.05, 0) is 0 Å². The number of ether oxygens (including phenoxy) is 1. The molecule has 2 aromatic heterocycles. The fraction of sp³-hybridized carbons (Fsp3) is 0.500. The van der Waals surface area contributed by atoms with Crippen molar-refractivity contribution in [2.75, 3.05) is 12.3 Å². The van der Waals surface area contributed by atoms with Gasteiger partial charge < -0.3 is 30.8 Å². The molecular weight excluding hydrogens is 270 g/mol. The maximum atomic E-state index is 11.9. The number of H-pyrrole nitrogens is 2. The van der Waals surface area contributed by atoms with Crippen molar-refractivity contribution in [3.05, 3.63) is 16.2 Å². The van der Waals surface area contributed by atoms with Crippen LogP contribution in [0.2, 0.25) is 0 Å². The molecule has 0 aromatic carbocycles. The predicted octanol–water partition coefficient (Wildman–Crippen LogP) is -2.62. The Morgan fingerprint density at radius 1 is 1.35 bits per heavy atom. The van der Waals surface area contributed by atoms with Crippen LogP contribution in [0.15, 0.2) is 4.79 Å². The Balaban J connectivity index is 2.05. The zero-order valence-corrected chi connectivity index (χ0v) is 10.1. The molecule has 20 heavy (non-hydrogen) atoms. The van der Waals surface area contributed by atoms with Crippen molar-refractivity contribution in [2.24, 2.45) is 0 Å². The van der Waals surface area contributed by atoms with Crippen LogP contribution in [0.3, 0.4) is 0 Å². The zero-order valence-electron chi connectivity index (χ0n) is 10.1. The maximum absolute atomic E-state index is 11.9. The number of hydrogen-bond acceptors (Lipinski definition) is 8. The monoisotopic (exact) mass is 283 g/mol. The summed E-state index contributed by atoms with van der Waals surface area (Å²) in [6, 6.07) is 0. The van der Waals surface area contributed by atoms with E-state index in [4.69, 9.17) is 15.6 Å². The number of fused-ring (bicyclic) bond motifs is 1. The van der Waals surface area contributed by atoms with Crippen molar-refractivity contribution < 1.29 is 20.1 Å². The van der Waals surface area contributed by atoms with Crippen LogP contribution in [0, 0.1) is 0 Å². The summed E-state index contributed by atoms with van der Waals surface area (Å²) in [5, 5.41) is 34.9. The van der Waals surface area contributed by atoms with Crippen LogP contribution in [0.4, 0.5) is 5.82 Å². The summed E-state index contributed by atoms with van der Waals surface area (Å²) in [6.07, 6.45) is -4.59. The number of rotatable bonds is 2. The minimum absolute atomic E-state index is 0.0106. The minimum Gasteiger partial charge on any atom is -0.394 e. The smallest absolute Gasteiger partial charge is 0.264 e. The molecule has 0 unspecified atom stereocenters. The molecule has 0 spiro atoms. The topological polar surface area (TPSA) is 170 Å². The molecule has 1 fully saturated rings. The molecule has 0 aliphatic carbocycles. The summed E-state index contributed by atoms with van der Waals surface area (Å²) in [5.74, 6) is 0.0953. The first-order chi connectivity index (χ1) is 9.52. The summed E-state index contributed by atoms with van der Waals surface area (Å²) in [7, 11) is 0. The van der Waals surface area contributed by atoms with E-state index in [1.807, 2.05) is 0 Å². The normalized spacial score (nSPS) is 30.1. The second kappa shape index (κ2) is 4.52. The van der Waals surface area contributed by atoms with Crippen LogP contribution in [0.1, 0.15) is 11.9 Å². The van der Waals surface area contributed by atoms with Gasteiger partial charge in [-0.25, -0.2) is 4.98 Å². The quantitative estimate of drug-likeness (QED) is 0.348. The number of anilines is 1. The second-order valence-corrected chi connectivity index (χ2v) is 4.55. The van der Waals surface area contributed by atoms with Crippen molar-refractivity contribution in [1.82, 2.24) is 20.2 Å². The van der Waals surface area contributed by atoms with Gasteiger partial charge in [-0.1, -0.05) is 0 Å². The molecule has 1 saturated heterocycles. The first-order valence-electron chi connectivity index (χ1n) is 5.89. The molecule has 0 radical (unpaired) electrons. The first kappa shape index (κ1) is 13.0. The second-order valence-electron chi connectivity index (χ2n) is 4.55. The van der Waals surface area contributed by atoms with Gasteiger partial charge in [-0.3, -0.25) is 9.89 Å². The summed E-state index contributed by atoms with van der Waals surface area (Å²) >= 11 is 0. The van der Waals surface area contributed by atoms with Crippen molar-refractivity contribution in [3.8, 4) is 0 Å². The number of nitrogen functional groups attached to an aromatic ring is 1. The molecule has 1 aliphatic heterocycles. The molecule has 10 heteroatoms. The van der Waals surface area contributed by atoms with Crippen LogP contribution in [-0.2, 0) is 4.74 Å². The lowest BCUT2D eigenvalue weighted by atomic mass is 10.1. The summed E-state index contributed by atoms with van der Waals surface area (Å²) in [6.45, 7) is -0.462. The molecule has 2 aromatic rings. The third-order valence-corrected chi connectivity index (χ3v) is 3.28. The number of nitrogens with zero attached hydrogens (tertiary/aromatic N) is 2. The largest absolute Gasteiger partial charge is 0.394 e. The van der Waals surface area contributed by atoms with Crippen molar-refractivity contribution in [2.45, 2.75) is 24.4 Å². The number of hydrogen-bond donors (Lipinski definition) is 6. The average molecular weight is 283 g/mol. The molecule has 0 saturated carbocycles. The lowest BCUT2D eigenvalue weighted by Crippen LogP contribution is -2.32. The number of nitrogens with one attached hydrogen (secondary N) is 2. The van der Waals surface area contributed by atoms with Crippen LogP contribution < -0.4 is 11.3 Å². The van der Waals surface area contributed by atoms with Gasteiger partial charge in [0.25, 0.3) is 5.56 Å². The predicted molar refractivity (Wildman–Crippen MR) is 65.6 cm³/mol. The minimum atomic E-state index is -1.32. The molecular formula is C10H13N5O5. The van der Waals surface area contributed by atoms with E-state index in [2.05, 4.69) is 20.2 Å². The van der Waals surface area contributed by atoms with Crippen molar-refractivity contribution in [1.29, 1.82) is 0 Å². The summed E-state index contributed by atoms with van der Waals surface area (Å²) in [4.78, 5) is 18.4. The Bertz CT molecular complexity index is 697. The molecule has 4 atom stereocenters. The highest BCUT2D eigenvalue weighted by molar-refractivity contribution is 5.84. The molecule has 0 bridgehead atoms. The molecule has 1 aliphatic rings. The standard InChI is InChI=1S/C10H13N5O5/c11-7-3-8(15-14-7)12-9(13-10(3)19)6-5(18)4(17)2(1-16)20-6/h2,4-6,16-18H,1H2,(H4,11,12,13,14,15,19)/t2-,4-,5-,6-/m0/s1.